The van der Waals surface area contributed by atoms with Crippen LogP contribution in [-0.2, 0) is 11.3 Å². The number of aromatic nitrogens is 2. The Labute approximate surface area is 133 Å². The molecule has 0 unspecified atom stereocenters. The summed E-state index contributed by atoms with van der Waals surface area (Å²) in [4.78, 5) is 11.6. The molecule has 0 bridgehead atoms. The molecule has 1 aromatic carbocycles. The van der Waals surface area contributed by atoms with Gasteiger partial charge in [0.1, 0.15) is 11.9 Å². The molecule has 0 spiro atoms. The van der Waals surface area contributed by atoms with Gasteiger partial charge in [0, 0.05) is 41.1 Å². The summed E-state index contributed by atoms with van der Waals surface area (Å²) in [6.45, 7) is 5.63. The zero-order valence-electron chi connectivity index (χ0n) is 12.6. The number of hydrogen-bond acceptors (Lipinski definition) is 4. The topological polar surface area (TPSA) is 41.2 Å². The van der Waals surface area contributed by atoms with Gasteiger partial charge in [0.2, 0.25) is 0 Å². The van der Waals surface area contributed by atoms with Crippen molar-refractivity contribution in [3.05, 3.63) is 52.9 Å². The van der Waals surface area contributed by atoms with E-state index in [-0.39, 0.29) is 6.10 Å². The summed E-state index contributed by atoms with van der Waals surface area (Å²) in [6.07, 6.45) is 1.92. The van der Waals surface area contributed by atoms with Gasteiger partial charge >= 0.3 is 0 Å². The maximum Gasteiger partial charge on any atom is 0.136 e. The van der Waals surface area contributed by atoms with Crippen LogP contribution in [0.3, 0.4) is 0 Å². The molecule has 4 nitrogen and oxygen atoms in total. The molecule has 3 heterocycles. The van der Waals surface area contributed by atoms with Gasteiger partial charge in [-0.15, -0.1) is 11.3 Å². The smallest absolute Gasteiger partial charge is 0.136 e. The third-order valence-corrected chi connectivity index (χ3v) is 5.13. The van der Waals surface area contributed by atoms with Crippen molar-refractivity contribution in [2.24, 2.45) is 0 Å². The fourth-order valence-corrected chi connectivity index (χ4v) is 4.05. The molecule has 1 fully saturated rings. The highest BCUT2D eigenvalue weighted by Gasteiger charge is 2.24. The van der Waals surface area contributed by atoms with E-state index in [2.05, 4.69) is 45.2 Å². The normalized spacial score (nSPS) is 19.8. The highest BCUT2D eigenvalue weighted by molar-refractivity contribution is 7.19. The summed E-state index contributed by atoms with van der Waals surface area (Å²) in [7, 11) is 0. The van der Waals surface area contributed by atoms with E-state index in [1.54, 1.807) is 0 Å². The first-order chi connectivity index (χ1) is 10.8. The Hall–Kier alpha value is -1.69. The number of thiophene rings is 1. The minimum Gasteiger partial charge on any atom is -0.368 e. The first-order valence-corrected chi connectivity index (χ1v) is 8.42. The molecule has 22 heavy (non-hydrogen) atoms. The Kier molecular flexibility index (Phi) is 3.70. The van der Waals surface area contributed by atoms with Crippen LogP contribution in [0.2, 0.25) is 0 Å². The summed E-state index contributed by atoms with van der Waals surface area (Å²) >= 11 is 1.89. The largest absolute Gasteiger partial charge is 0.368 e. The van der Waals surface area contributed by atoms with Crippen molar-refractivity contribution in [1.82, 2.24) is 14.9 Å². The molecule has 1 N–H and O–H groups in total. The number of morpholine rings is 1. The van der Waals surface area contributed by atoms with E-state index in [1.807, 2.05) is 24.5 Å². The molecule has 0 aliphatic carbocycles. The lowest BCUT2D eigenvalue weighted by Gasteiger charge is -2.31. The molecule has 0 amide bonds. The number of aromatic amines is 1. The lowest BCUT2D eigenvalue weighted by molar-refractivity contribution is -0.0365. The van der Waals surface area contributed by atoms with Crippen molar-refractivity contribution in [2.45, 2.75) is 19.6 Å². The Morgan fingerprint density at radius 2 is 2.32 bits per heavy atom. The minimum atomic E-state index is 0.0526. The molecule has 1 aliphatic heterocycles. The van der Waals surface area contributed by atoms with E-state index in [1.165, 1.54) is 15.0 Å². The molecule has 1 aliphatic rings. The number of benzene rings is 1. The number of ether oxygens (including phenoxy) is 1. The monoisotopic (exact) mass is 313 g/mol. The Morgan fingerprint density at radius 1 is 1.41 bits per heavy atom. The van der Waals surface area contributed by atoms with Crippen LogP contribution in [0.5, 0.6) is 0 Å². The van der Waals surface area contributed by atoms with Gasteiger partial charge < -0.3 is 9.72 Å². The van der Waals surface area contributed by atoms with Crippen LogP contribution in [0, 0.1) is 6.92 Å². The van der Waals surface area contributed by atoms with Crippen LogP contribution < -0.4 is 0 Å². The SMILES string of the molecule is Cc1cnc([C@@H]2CN(Cc3cc4ccccc4s3)CCO2)[nH]1. The fourth-order valence-electron chi connectivity index (χ4n) is 2.94. The first-order valence-electron chi connectivity index (χ1n) is 7.61. The summed E-state index contributed by atoms with van der Waals surface area (Å²) < 4.78 is 7.24. The van der Waals surface area contributed by atoms with Crippen LogP contribution >= 0.6 is 11.3 Å². The van der Waals surface area contributed by atoms with Crippen LogP contribution in [0.15, 0.2) is 36.5 Å². The summed E-state index contributed by atoms with van der Waals surface area (Å²) in [5.41, 5.74) is 1.08. The first kappa shape index (κ1) is 13.9. The van der Waals surface area contributed by atoms with Crippen molar-refractivity contribution in [2.75, 3.05) is 19.7 Å². The third kappa shape index (κ3) is 2.79. The van der Waals surface area contributed by atoms with Gasteiger partial charge in [0.15, 0.2) is 0 Å². The number of aryl methyl sites for hydroxylation is 1. The molecular weight excluding hydrogens is 294 g/mol. The summed E-state index contributed by atoms with van der Waals surface area (Å²) in [6, 6.07) is 10.9. The Bertz CT molecular complexity index is 746. The number of H-pyrrole nitrogens is 1. The van der Waals surface area contributed by atoms with Crippen molar-refractivity contribution in [1.29, 1.82) is 0 Å². The molecule has 2 aromatic heterocycles. The van der Waals surface area contributed by atoms with E-state index in [4.69, 9.17) is 4.74 Å². The van der Waals surface area contributed by atoms with E-state index in [9.17, 15) is 0 Å². The summed E-state index contributed by atoms with van der Waals surface area (Å²) in [5.74, 6) is 0.943. The number of imidazole rings is 1. The predicted octanol–water partition coefficient (Wildman–Crippen LogP) is 3.51. The lowest BCUT2D eigenvalue weighted by Crippen LogP contribution is -2.38. The van der Waals surface area contributed by atoms with E-state index in [0.29, 0.717) is 0 Å². The average molecular weight is 313 g/mol. The number of nitrogens with zero attached hydrogens (tertiary/aromatic N) is 2. The van der Waals surface area contributed by atoms with Crippen molar-refractivity contribution >= 4 is 21.4 Å². The lowest BCUT2D eigenvalue weighted by atomic mass is 10.2. The standard InChI is InChI=1S/C17H19N3OS/c1-12-9-18-17(19-12)15-11-20(6-7-21-15)10-14-8-13-4-2-3-5-16(13)22-14/h2-5,8-9,15H,6-7,10-11H2,1H3,(H,18,19)/t15-/m0/s1. The van der Waals surface area contributed by atoms with Gasteiger partial charge in [0.25, 0.3) is 0 Å². The Balaban J connectivity index is 1.48. The van der Waals surface area contributed by atoms with Gasteiger partial charge in [-0.1, -0.05) is 18.2 Å². The molecule has 114 valence electrons. The molecule has 3 aromatic rings. The molecule has 0 saturated carbocycles. The third-order valence-electron chi connectivity index (χ3n) is 4.03. The Morgan fingerprint density at radius 3 is 3.14 bits per heavy atom. The van der Waals surface area contributed by atoms with Gasteiger partial charge in [-0.2, -0.15) is 0 Å². The maximum atomic E-state index is 5.87. The zero-order valence-corrected chi connectivity index (χ0v) is 13.4. The van der Waals surface area contributed by atoms with Crippen LogP contribution in [-0.4, -0.2) is 34.6 Å². The molecule has 5 heteroatoms. The quantitative estimate of drug-likeness (QED) is 0.804. The van der Waals surface area contributed by atoms with E-state index >= 15 is 0 Å². The predicted molar refractivity (Wildman–Crippen MR) is 89.1 cm³/mol. The van der Waals surface area contributed by atoms with Crippen LogP contribution in [0.1, 0.15) is 22.5 Å². The van der Waals surface area contributed by atoms with Gasteiger partial charge in [-0.3, -0.25) is 4.90 Å². The number of nitrogens with one attached hydrogen (secondary N) is 1. The average Bonchev–Trinajstić information content (AvgIpc) is 3.13. The second kappa shape index (κ2) is 5.83. The number of hydrogen-bond donors (Lipinski definition) is 1. The minimum absolute atomic E-state index is 0.0526. The van der Waals surface area contributed by atoms with Crippen molar-refractivity contribution < 1.29 is 4.74 Å². The zero-order chi connectivity index (χ0) is 14.9. The molecule has 1 atom stereocenters. The van der Waals surface area contributed by atoms with Gasteiger partial charge in [-0.05, 0) is 24.4 Å². The second-order valence-electron chi connectivity index (χ2n) is 5.80. The number of rotatable bonds is 3. The van der Waals surface area contributed by atoms with E-state index < -0.39 is 0 Å². The maximum absolute atomic E-state index is 5.87. The molecule has 1 saturated heterocycles. The summed E-state index contributed by atoms with van der Waals surface area (Å²) in [5, 5.41) is 1.34. The highest BCUT2D eigenvalue weighted by atomic mass is 32.1. The van der Waals surface area contributed by atoms with Crippen molar-refractivity contribution in [3.8, 4) is 0 Å². The van der Waals surface area contributed by atoms with Gasteiger partial charge in [0.05, 0.1) is 6.61 Å². The molecule has 0 radical (unpaired) electrons. The number of fused-ring (bicyclic) bond motifs is 1. The fraction of sp³-hybridized carbons (Fsp3) is 0.353. The van der Waals surface area contributed by atoms with E-state index in [0.717, 1.165) is 37.8 Å². The van der Waals surface area contributed by atoms with Crippen LogP contribution in [0.4, 0.5) is 0 Å². The van der Waals surface area contributed by atoms with Crippen molar-refractivity contribution in [3.63, 3.8) is 0 Å². The molecule has 4 rings (SSSR count). The van der Waals surface area contributed by atoms with Crippen LogP contribution in [0.25, 0.3) is 10.1 Å². The highest BCUT2D eigenvalue weighted by Crippen LogP contribution is 2.28. The second-order valence-corrected chi connectivity index (χ2v) is 6.96. The molecular formula is C17H19N3OS. The van der Waals surface area contributed by atoms with Gasteiger partial charge in [-0.25, -0.2) is 4.98 Å².